The molecule has 0 aromatic heterocycles. The van der Waals surface area contributed by atoms with Gasteiger partial charge in [-0.2, -0.15) is 8.42 Å². The van der Waals surface area contributed by atoms with E-state index in [-0.39, 0.29) is 11.5 Å². The van der Waals surface area contributed by atoms with E-state index in [0.717, 1.165) is 24.6 Å². The van der Waals surface area contributed by atoms with Crippen LogP contribution in [0.3, 0.4) is 0 Å². The van der Waals surface area contributed by atoms with Gasteiger partial charge in [-0.15, -0.1) is 6.58 Å². The van der Waals surface area contributed by atoms with Crippen LogP contribution in [0.2, 0.25) is 0 Å². The maximum atomic E-state index is 10.7. The minimum atomic E-state index is -4.79. The molecule has 0 saturated carbocycles. The summed E-state index contributed by atoms with van der Waals surface area (Å²) >= 11 is 0.767. The van der Waals surface area contributed by atoms with Crippen molar-refractivity contribution in [3.05, 3.63) is 12.7 Å². The molecular formula is C13H23NO9S2. The molecule has 0 amide bonds. The zero-order valence-electron chi connectivity index (χ0n) is 13.3. The minimum absolute atomic E-state index is 0.0889. The number of oxime groups is 1. The summed E-state index contributed by atoms with van der Waals surface area (Å²) in [6.07, 6.45) is -1.64. The van der Waals surface area contributed by atoms with Crippen molar-refractivity contribution in [3.8, 4) is 0 Å². The van der Waals surface area contributed by atoms with Gasteiger partial charge in [0, 0.05) is 0 Å². The number of aliphatic hydroxyl groups excluding tert-OH is 4. The van der Waals surface area contributed by atoms with Crippen LogP contribution in [0, 0.1) is 0 Å². The maximum Gasteiger partial charge on any atom is 0.466 e. The molecule has 25 heavy (non-hydrogen) atoms. The Morgan fingerprint density at radius 1 is 1.24 bits per heavy atom. The van der Waals surface area contributed by atoms with Gasteiger partial charge in [0.25, 0.3) is 0 Å². The third-order valence-electron chi connectivity index (χ3n) is 3.38. The molecule has 12 heteroatoms. The summed E-state index contributed by atoms with van der Waals surface area (Å²) in [5.74, 6) is 0. The molecule has 0 aliphatic carbocycles. The van der Waals surface area contributed by atoms with E-state index in [1.807, 2.05) is 0 Å². The van der Waals surface area contributed by atoms with Crippen molar-refractivity contribution in [3.63, 3.8) is 0 Å². The van der Waals surface area contributed by atoms with Crippen molar-refractivity contribution < 1.29 is 42.4 Å². The van der Waals surface area contributed by atoms with E-state index >= 15 is 0 Å². The van der Waals surface area contributed by atoms with E-state index in [9.17, 15) is 23.7 Å². The number of nitrogens with zero attached hydrogens (tertiary/aromatic N) is 1. The number of aliphatic hydroxyl groups is 4. The van der Waals surface area contributed by atoms with Crippen LogP contribution in [0.25, 0.3) is 0 Å². The molecule has 1 aliphatic rings. The molecular weight excluding hydrogens is 378 g/mol. The smallest absolute Gasteiger partial charge is 0.394 e. The van der Waals surface area contributed by atoms with Gasteiger partial charge in [-0.1, -0.05) is 23.0 Å². The number of hydrogen-bond donors (Lipinski definition) is 5. The SMILES string of the molecule is C=CCCCCC(=NOS(=O)(=O)O)S[C@@H]1O[C@H](CO)[C@@H](O)[C@H](O)[C@H]1O. The number of ether oxygens (including phenoxy) is 1. The molecule has 1 heterocycles. The predicted octanol–water partition coefficient (Wildman–Crippen LogP) is -0.601. The fourth-order valence-corrected chi connectivity index (χ4v) is 3.42. The molecule has 0 aromatic carbocycles. The van der Waals surface area contributed by atoms with Crippen LogP contribution in [-0.4, -0.2) is 74.9 Å². The Labute approximate surface area is 150 Å². The Balaban J connectivity index is 2.81. The summed E-state index contributed by atoms with van der Waals surface area (Å²) in [6, 6.07) is 0. The molecule has 0 spiro atoms. The van der Waals surface area contributed by atoms with E-state index in [0.29, 0.717) is 6.42 Å². The van der Waals surface area contributed by atoms with Crippen LogP contribution in [0.5, 0.6) is 0 Å². The van der Waals surface area contributed by atoms with Crippen molar-refractivity contribution in [2.45, 2.75) is 55.5 Å². The summed E-state index contributed by atoms with van der Waals surface area (Å²) in [5, 5.41) is 42.1. The van der Waals surface area contributed by atoms with Crippen LogP contribution >= 0.6 is 11.8 Å². The highest BCUT2D eigenvalue weighted by Gasteiger charge is 2.44. The normalized spacial score (nSPS) is 30.9. The fraction of sp³-hybridized carbons (Fsp3) is 0.769. The molecule has 0 radical (unpaired) electrons. The number of thioether (sulfide) groups is 1. The fourth-order valence-electron chi connectivity index (χ4n) is 2.08. The Morgan fingerprint density at radius 3 is 2.48 bits per heavy atom. The Kier molecular flexibility index (Phi) is 9.30. The van der Waals surface area contributed by atoms with Crippen LogP contribution < -0.4 is 0 Å². The Morgan fingerprint density at radius 2 is 1.92 bits per heavy atom. The molecule has 1 saturated heterocycles. The molecule has 1 rings (SSSR count). The molecule has 0 unspecified atom stereocenters. The van der Waals surface area contributed by atoms with Crippen molar-refractivity contribution >= 4 is 27.2 Å². The number of rotatable bonds is 9. The highest BCUT2D eigenvalue weighted by atomic mass is 32.3. The topological polar surface area (TPSA) is 166 Å². The van der Waals surface area contributed by atoms with Crippen LogP contribution in [0.15, 0.2) is 17.8 Å². The van der Waals surface area contributed by atoms with Gasteiger partial charge in [0.05, 0.1) is 6.61 Å². The van der Waals surface area contributed by atoms with Gasteiger partial charge in [-0.3, -0.25) is 4.55 Å². The molecule has 1 fully saturated rings. The number of hydrogen-bond acceptors (Lipinski definition) is 10. The van der Waals surface area contributed by atoms with Crippen LogP contribution in [-0.2, 0) is 19.4 Å². The van der Waals surface area contributed by atoms with E-state index in [2.05, 4.69) is 16.0 Å². The standard InChI is InChI=1S/C13H23NO9S2/c1-2-3-4-5-6-9(14-23-25(19,20)21)24-13-12(18)11(17)10(16)8(7-15)22-13/h2,8,10-13,15-18H,1,3-7H2,(H,19,20,21)/t8-,10-,11+,12-,13+/m1/s1. The first-order chi connectivity index (χ1) is 11.7. The maximum absolute atomic E-state index is 10.7. The lowest BCUT2D eigenvalue weighted by Crippen LogP contribution is -2.57. The molecule has 146 valence electrons. The summed E-state index contributed by atoms with van der Waals surface area (Å²) in [7, 11) is -4.79. The van der Waals surface area contributed by atoms with E-state index in [4.69, 9.17) is 14.4 Å². The molecule has 0 aromatic rings. The predicted molar refractivity (Wildman–Crippen MR) is 90.1 cm³/mol. The van der Waals surface area contributed by atoms with Gasteiger partial charge in [0.1, 0.15) is 34.9 Å². The highest BCUT2D eigenvalue weighted by molar-refractivity contribution is 8.14. The first kappa shape index (κ1) is 22.3. The lowest BCUT2D eigenvalue weighted by atomic mass is 10.0. The first-order valence-corrected chi connectivity index (χ1v) is 9.75. The second-order valence-electron chi connectivity index (χ2n) is 5.34. The van der Waals surface area contributed by atoms with Gasteiger partial charge in [-0.25, -0.2) is 4.28 Å². The summed E-state index contributed by atoms with van der Waals surface area (Å²) in [5.41, 5.74) is -1.13. The molecule has 1 aliphatic heterocycles. The summed E-state index contributed by atoms with van der Waals surface area (Å²) in [6.45, 7) is 2.99. The monoisotopic (exact) mass is 401 g/mol. The molecule has 0 bridgehead atoms. The third kappa shape index (κ3) is 7.58. The summed E-state index contributed by atoms with van der Waals surface area (Å²) in [4.78, 5) is 0. The van der Waals surface area contributed by atoms with E-state index in [1.54, 1.807) is 6.08 Å². The van der Waals surface area contributed by atoms with Gasteiger partial charge in [0.15, 0.2) is 0 Å². The minimum Gasteiger partial charge on any atom is -0.394 e. The zero-order valence-corrected chi connectivity index (χ0v) is 15.0. The third-order valence-corrected chi connectivity index (χ3v) is 4.82. The Hall–Kier alpha value is -0.730. The van der Waals surface area contributed by atoms with Gasteiger partial charge < -0.3 is 25.2 Å². The average Bonchev–Trinajstić information content (AvgIpc) is 2.55. The second kappa shape index (κ2) is 10.4. The molecule has 5 N–H and O–H groups in total. The van der Waals surface area contributed by atoms with Gasteiger partial charge in [0.2, 0.25) is 0 Å². The molecule has 10 nitrogen and oxygen atoms in total. The number of allylic oxidation sites excluding steroid dienone is 1. The van der Waals surface area contributed by atoms with Crippen LogP contribution in [0.1, 0.15) is 25.7 Å². The first-order valence-electron chi connectivity index (χ1n) is 7.50. The van der Waals surface area contributed by atoms with Crippen molar-refractivity contribution in [2.75, 3.05) is 6.61 Å². The van der Waals surface area contributed by atoms with Crippen molar-refractivity contribution in [2.24, 2.45) is 5.16 Å². The zero-order chi connectivity index (χ0) is 19.0. The lowest BCUT2D eigenvalue weighted by molar-refractivity contribution is -0.205. The van der Waals surface area contributed by atoms with E-state index in [1.165, 1.54) is 0 Å². The van der Waals surface area contributed by atoms with Gasteiger partial charge >= 0.3 is 10.4 Å². The van der Waals surface area contributed by atoms with Crippen molar-refractivity contribution in [1.82, 2.24) is 0 Å². The largest absolute Gasteiger partial charge is 0.466 e. The quantitative estimate of drug-likeness (QED) is 0.0840. The molecule has 5 atom stereocenters. The number of unbranched alkanes of at least 4 members (excludes halogenated alkanes) is 2. The van der Waals surface area contributed by atoms with Gasteiger partial charge in [-0.05, 0) is 25.7 Å². The van der Waals surface area contributed by atoms with Crippen molar-refractivity contribution in [1.29, 1.82) is 0 Å². The Bertz CT molecular complexity index is 552. The highest BCUT2D eigenvalue weighted by Crippen LogP contribution is 2.30. The van der Waals surface area contributed by atoms with E-state index < -0.39 is 46.9 Å². The second-order valence-corrected chi connectivity index (χ2v) is 7.51. The average molecular weight is 401 g/mol. The lowest BCUT2D eigenvalue weighted by Gasteiger charge is -2.39. The van der Waals surface area contributed by atoms with Crippen LogP contribution in [0.4, 0.5) is 0 Å². The summed E-state index contributed by atoms with van der Waals surface area (Å²) < 4.78 is 39.3.